The van der Waals surface area contributed by atoms with Crippen LogP contribution in [-0.2, 0) is 4.74 Å². The van der Waals surface area contributed by atoms with Gasteiger partial charge in [-0.2, -0.15) is 0 Å². The van der Waals surface area contributed by atoms with Crippen LogP contribution in [0.3, 0.4) is 0 Å². The maximum Gasteiger partial charge on any atom is 0.0485 e. The van der Waals surface area contributed by atoms with Crippen LogP contribution in [0.5, 0.6) is 0 Å². The summed E-state index contributed by atoms with van der Waals surface area (Å²) in [5.41, 5.74) is 2.88. The van der Waals surface area contributed by atoms with Crippen molar-refractivity contribution in [3.63, 3.8) is 0 Å². The molecule has 1 N–H and O–H groups in total. The molecule has 3 rings (SSSR count). The van der Waals surface area contributed by atoms with Gasteiger partial charge in [0.15, 0.2) is 0 Å². The third-order valence-electron chi connectivity index (χ3n) is 4.26. The lowest BCUT2D eigenvalue weighted by Crippen LogP contribution is -2.44. The molecule has 98 valence electrons. The zero-order valence-corrected chi connectivity index (χ0v) is 11.1. The third-order valence-corrected chi connectivity index (χ3v) is 4.26. The van der Waals surface area contributed by atoms with Crippen LogP contribution in [0.25, 0.3) is 0 Å². The predicted octanol–water partition coefficient (Wildman–Crippen LogP) is 2.34. The summed E-state index contributed by atoms with van der Waals surface area (Å²) in [6.07, 6.45) is 3.53. The van der Waals surface area contributed by atoms with Crippen LogP contribution in [-0.4, -0.2) is 32.8 Å². The second kappa shape index (κ2) is 5.29. The first-order chi connectivity index (χ1) is 8.90. The number of fused-ring (bicyclic) bond motifs is 1. The number of hydrogen-bond donors (Lipinski definition) is 1. The lowest BCUT2D eigenvalue weighted by Gasteiger charge is -2.42. The monoisotopic (exact) mass is 246 g/mol. The molecule has 0 saturated carbocycles. The Bertz CT molecular complexity index is 401. The Labute approximate surface area is 109 Å². The molecule has 3 nitrogen and oxygen atoms in total. The second-order valence-corrected chi connectivity index (χ2v) is 5.23. The van der Waals surface area contributed by atoms with E-state index in [1.165, 1.54) is 30.5 Å². The fraction of sp³-hybridized carbons (Fsp3) is 0.600. The fourth-order valence-corrected chi connectivity index (χ4v) is 3.26. The summed E-state index contributed by atoms with van der Waals surface area (Å²) in [6.45, 7) is 2.99. The van der Waals surface area contributed by atoms with Gasteiger partial charge in [-0.25, -0.2) is 0 Å². The average Bonchev–Trinajstić information content (AvgIpc) is 2.47. The van der Waals surface area contributed by atoms with E-state index < -0.39 is 0 Å². The molecular weight excluding hydrogens is 224 g/mol. The average molecular weight is 246 g/mol. The number of benzene rings is 1. The van der Waals surface area contributed by atoms with Gasteiger partial charge in [0.05, 0.1) is 0 Å². The molecule has 0 bridgehead atoms. The molecule has 0 spiro atoms. The molecule has 2 aliphatic rings. The molecule has 1 aromatic rings. The number of nitrogens with one attached hydrogen (secondary N) is 1. The number of anilines is 1. The fourth-order valence-electron chi connectivity index (χ4n) is 3.26. The van der Waals surface area contributed by atoms with Crippen molar-refractivity contribution in [1.82, 2.24) is 5.32 Å². The minimum atomic E-state index is 0.511. The first-order valence-corrected chi connectivity index (χ1v) is 7.00. The normalized spacial score (nSPS) is 24.9. The standard InChI is InChI=1S/C15H22N2O/c1-16-14-6-9-17(12-7-10-18-11-8-12)15-5-3-2-4-13(14)15/h2-5,12,14,16H,6-11H2,1H3. The second-order valence-electron chi connectivity index (χ2n) is 5.23. The Morgan fingerprint density at radius 3 is 2.72 bits per heavy atom. The maximum atomic E-state index is 5.48. The van der Waals surface area contributed by atoms with E-state index in [-0.39, 0.29) is 0 Å². The van der Waals surface area contributed by atoms with E-state index in [2.05, 4.69) is 41.5 Å². The van der Waals surface area contributed by atoms with Crippen molar-refractivity contribution in [2.24, 2.45) is 0 Å². The van der Waals surface area contributed by atoms with Crippen molar-refractivity contribution in [3.05, 3.63) is 29.8 Å². The molecule has 2 heterocycles. The molecular formula is C15H22N2O. The summed E-state index contributed by atoms with van der Waals surface area (Å²) in [7, 11) is 2.06. The number of nitrogens with zero attached hydrogens (tertiary/aromatic N) is 1. The molecule has 0 aliphatic carbocycles. The molecule has 1 aromatic carbocycles. The molecule has 0 amide bonds. The highest BCUT2D eigenvalue weighted by atomic mass is 16.5. The highest BCUT2D eigenvalue weighted by Gasteiger charge is 2.29. The van der Waals surface area contributed by atoms with Gasteiger partial charge in [-0.3, -0.25) is 0 Å². The van der Waals surface area contributed by atoms with Crippen molar-refractivity contribution in [3.8, 4) is 0 Å². The van der Waals surface area contributed by atoms with Crippen LogP contribution >= 0.6 is 0 Å². The summed E-state index contributed by atoms with van der Waals surface area (Å²) in [6, 6.07) is 10.0. The van der Waals surface area contributed by atoms with Crippen molar-refractivity contribution >= 4 is 5.69 Å². The zero-order chi connectivity index (χ0) is 12.4. The molecule has 0 radical (unpaired) electrons. The first kappa shape index (κ1) is 12.0. The SMILES string of the molecule is CNC1CCN(C2CCOCC2)c2ccccc21. The Morgan fingerprint density at radius 2 is 1.94 bits per heavy atom. The van der Waals surface area contributed by atoms with E-state index >= 15 is 0 Å². The van der Waals surface area contributed by atoms with Crippen molar-refractivity contribution in [2.45, 2.75) is 31.3 Å². The Balaban J connectivity index is 1.88. The van der Waals surface area contributed by atoms with Gasteiger partial charge >= 0.3 is 0 Å². The zero-order valence-electron chi connectivity index (χ0n) is 11.1. The number of hydrogen-bond acceptors (Lipinski definition) is 3. The van der Waals surface area contributed by atoms with Gasteiger partial charge in [0, 0.05) is 37.5 Å². The highest BCUT2D eigenvalue weighted by molar-refractivity contribution is 5.57. The molecule has 2 aliphatic heterocycles. The van der Waals surface area contributed by atoms with Crippen LogP contribution in [0, 0.1) is 0 Å². The predicted molar refractivity (Wildman–Crippen MR) is 74.0 cm³/mol. The summed E-state index contributed by atoms with van der Waals surface area (Å²) in [4.78, 5) is 2.60. The van der Waals surface area contributed by atoms with Crippen LogP contribution in [0.1, 0.15) is 30.9 Å². The maximum absolute atomic E-state index is 5.48. The highest BCUT2D eigenvalue weighted by Crippen LogP contribution is 2.36. The molecule has 18 heavy (non-hydrogen) atoms. The molecule has 3 heteroatoms. The molecule has 1 saturated heterocycles. The largest absolute Gasteiger partial charge is 0.381 e. The minimum Gasteiger partial charge on any atom is -0.381 e. The van der Waals surface area contributed by atoms with Gasteiger partial charge < -0.3 is 15.0 Å². The minimum absolute atomic E-state index is 0.511. The smallest absolute Gasteiger partial charge is 0.0485 e. The Kier molecular flexibility index (Phi) is 3.52. The molecule has 1 unspecified atom stereocenters. The van der Waals surface area contributed by atoms with Gasteiger partial charge in [0.25, 0.3) is 0 Å². The van der Waals surface area contributed by atoms with E-state index in [0.717, 1.165) is 19.8 Å². The van der Waals surface area contributed by atoms with Crippen LogP contribution in [0.2, 0.25) is 0 Å². The Morgan fingerprint density at radius 1 is 1.17 bits per heavy atom. The molecule has 1 atom stereocenters. The topological polar surface area (TPSA) is 24.5 Å². The van der Waals surface area contributed by atoms with E-state index in [0.29, 0.717) is 12.1 Å². The van der Waals surface area contributed by atoms with E-state index in [9.17, 15) is 0 Å². The summed E-state index contributed by atoms with van der Waals surface area (Å²) in [5.74, 6) is 0. The van der Waals surface area contributed by atoms with Gasteiger partial charge in [-0.1, -0.05) is 18.2 Å². The number of para-hydroxylation sites is 1. The number of rotatable bonds is 2. The van der Waals surface area contributed by atoms with Crippen molar-refractivity contribution < 1.29 is 4.74 Å². The first-order valence-electron chi connectivity index (χ1n) is 7.00. The van der Waals surface area contributed by atoms with E-state index in [4.69, 9.17) is 4.74 Å². The summed E-state index contributed by atoms with van der Waals surface area (Å²) >= 11 is 0. The number of ether oxygens (including phenoxy) is 1. The van der Waals surface area contributed by atoms with Gasteiger partial charge in [-0.05, 0) is 37.9 Å². The quantitative estimate of drug-likeness (QED) is 0.867. The lowest BCUT2D eigenvalue weighted by molar-refractivity contribution is 0.0838. The third kappa shape index (κ3) is 2.13. The summed E-state index contributed by atoms with van der Waals surface area (Å²) < 4.78 is 5.48. The van der Waals surface area contributed by atoms with Crippen molar-refractivity contribution in [2.75, 3.05) is 31.7 Å². The van der Waals surface area contributed by atoms with Crippen LogP contribution < -0.4 is 10.2 Å². The Hall–Kier alpha value is -1.06. The lowest BCUT2D eigenvalue weighted by atomic mass is 9.93. The molecule has 0 aromatic heterocycles. The van der Waals surface area contributed by atoms with Gasteiger partial charge in [0.1, 0.15) is 0 Å². The van der Waals surface area contributed by atoms with Gasteiger partial charge in [-0.15, -0.1) is 0 Å². The van der Waals surface area contributed by atoms with Crippen LogP contribution in [0.15, 0.2) is 24.3 Å². The van der Waals surface area contributed by atoms with Crippen molar-refractivity contribution in [1.29, 1.82) is 0 Å². The van der Waals surface area contributed by atoms with E-state index in [1.807, 2.05) is 0 Å². The van der Waals surface area contributed by atoms with Crippen LogP contribution in [0.4, 0.5) is 5.69 Å². The summed E-state index contributed by atoms with van der Waals surface area (Å²) in [5, 5.41) is 3.43. The molecule has 1 fully saturated rings. The van der Waals surface area contributed by atoms with E-state index in [1.54, 1.807) is 0 Å². The van der Waals surface area contributed by atoms with Gasteiger partial charge in [0.2, 0.25) is 0 Å².